The number of carbonyl (C=O) groups excluding carboxylic acids is 2. The Hall–Kier alpha value is -2.86. The van der Waals surface area contributed by atoms with E-state index in [0.29, 0.717) is 11.4 Å². The molecule has 2 aromatic carbocycles. The summed E-state index contributed by atoms with van der Waals surface area (Å²) in [6, 6.07) is 11.5. The Morgan fingerprint density at radius 1 is 0.963 bits per heavy atom. The Bertz CT molecular complexity index is 813. The van der Waals surface area contributed by atoms with Crippen LogP contribution in [-0.4, -0.2) is 39.1 Å². The summed E-state index contributed by atoms with van der Waals surface area (Å²) in [6.07, 6.45) is 0. The molecule has 0 aliphatic carbocycles. The fourth-order valence-electron chi connectivity index (χ4n) is 2.92. The Morgan fingerprint density at radius 2 is 1.56 bits per heavy atom. The quantitative estimate of drug-likeness (QED) is 0.695. The zero-order valence-corrected chi connectivity index (χ0v) is 16.6. The Kier molecular flexibility index (Phi) is 6.96. The molecule has 0 saturated carbocycles. The van der Waals surface area contributed by atoms with Crippen LogP contribution < -0.4 is 20.3 Å². The zero-order valence-electron chi connectivity index (χ0n) is 16.6. The van der Waals surface area contributed by atoms with E-state index in [-0.39, 0.29) is 24.9 Å². The van der Waals surface area contributed by atoms with Crippen LogP contribution in [-0.2, 0) is 9.59 Å². The number of rotatable bonds is 7. The second-order valence-corrected chi connectivity index (χ2v) is 6.88. The third-order valence-electron chi connectivity index (χ3n) is 4.30. The van der Waals surface area contributed by atoms with E-state index in [1.807, 2.05) is 64.2 Å². The SMILES string of the molecule is COc1ccc(C)cc1NC(=O)C[NH+](C)CC(=O)Nc1c(C)cccc1C. The molecule has 3 N–H and O–H groups in total. The standard InChI is InChI=1S/C21H27N3O3/c1-14-9-10-18(27-5)17(11-14)22-19(25)12-24(4)13-20(26)23-21-15(2)7-6-8-16(21)3/h6-11H,12-13H2,1-5H3,(H,22,25)(H,23,26)/p+1. The molecule has 0 aliphatic heterocycles. The molecule has 0 fully saturated rings. The number of ether oxygens (including phenoxy) is 1. The number of aryl methyl sites for hydroxylation is 3. The minimum atomic E-state index is -0.170. The fraction of sp³-hybridized carbons (Fsp3) is 0.333. The van der Waals surface area contributed by atoms with Gasteiger partial charge in [0.25, 0.3) is 11.8 Å². The Balaban J connectivity index is 1.91. The maximum Gasteiger partial charge on any atom is 0.279 e. The van der Waals surface area contributed by atoms with E-state index in [1.54, 1.807) is 7.11 Å². The van der Waals surface area contributed by atoms with Crippen LogP contribution in [0.3, 0.4) is 0 Å². The molecular weight excluding hydrogens is 342 g/mol. The highest BCUT2D eigenvalue weighted by Crippen LogP contribution is 2.24. The number of benzene rings is 2. The number of para-hydroxylation sites is 1. The van der Waals surface area contributed by atoms with Crippen LogP contribution in [0.5, 0.6) is 5.75 Å². The number of carbonyl (C=O) groups is 2. The lowest BCUT2D eigenvalue weighted by molar-refractivity contribution is -0.862. The van der Waals surface area contributed by atoms with Gasteiger partial charge in [0.05, 0.1) is 19.8 Å². The number of likely N-dealkylation sites (N-methyl/N-ethyl adjacent to an activating group) is 1. The van der Waals surface area contributed by atoms with Crippen LogP contribution in [0.25, 0.3) is 0 Å². The zero-order chi connectivity index (χ0) is 20.0. The van der Waals surface area contributed by atoms with E-state index in [9.17, 15) is 9.59 Å². The van der Waals surface area contributed by atoms with Gasteiger partial charge in [0.1, 0.15) is 5.75 Å². The molecule has 6 heteroatoms. The first-order chi connectivity index (χ1) is 12.8. The summed E-state index contributed by atoms with van der Waals surface area (Å²) in [6.45, 7) is 6.25. The first-order valence-electron chi connectivity index (χ1n) is 8.92. The number of hydrogen-bond donors (Lipinski definition) is 3. The van der Waals surface area contributed by atoms with Gasteiger partial charge in [0.15, 0.2) is 13.1 Å². The monoisotopic (exact) mass is 370 g/mol. The summed E-state index contributed by atoms with van der Waals surface area (Å²) >= 11 is 0. The summed E-state index contributed by atoms with van der Waals surface area (Å²) < 4.78 is 5.27. The van der Waals surface area contributed by atoms with Crippen molar-refractivity contribution in [2.45, 2.75) is 20.8 Å². The molecule has 2 rings (SSSR count). The van der Waals surface area contributed by atoms with E-state index < -0.39 is 0 Å². The second-order valence-electron chi connectivity index (χ2n) is 6.88. The molecule has 0 saturated heterocycles. The molecule has 0 aromatic heterocycles. The van der Waals surface area contributed by atoms with Gasteiger partial charge in [-0.25, -0.2) is 0 Å². The molecule has 6 nitrogen and oxygen atoms in total. The average molecular weight is 370 g/mol. The maximum absolute atomic E-state index is 12.3. The van der Waals surface area contributed by atoms with Gasteiger partial charge in [0.2, 0.25) is 0 Å². The third-order valence-corrected chi connectivity index (χ3v) is 4.30. The minimum absolute atomic E-state index is 0.120. The van der Waals surface area contributed by atoms with E-state index >= 15 is 0 Å². The van der Waals surface area contributed by atoms with Gasteiger partial charge in [-0.05, 0) is 49.6 Å². The average Bonchev–Trinajstić information content (AvgIpc) is 2.58. The van der Waals surface area contributed by atoms with Crippen molar-refractivity contribution in [2.24, 2.45) is 0 Å². The van der Waals surface area contributed by atoms with Gasteiger partial charge in [-0.3, -0.25) is 9.59 Å². The van der Waals surface area contributed by atoms with Crippen LogP contribution in [0.4, 0.5) is 11.4 Å². The van der Waals surface area contributed by atoms with Crippen LogP contribution in [0.2, 0.25) is 0 Å². The van der Waals surface area contributed by atoms with Crippen molar-refractivity contribution in [3.05, 3.63) is 53.1 Å². The van der Waals surface area contributed by atoms with Crippen molar-refractivity contribution in [1.29, 1.82) is 0 Å². The largest absolute Gasteiger partial charge is 0.495 e. The summed E-state index contributed by atoms with van der Waals surface area (Å²) in [5.41, 5.74) is 4.54. The molecule has 27 heavy (non-hydrogen) atoms. The number of quaternary nitrogens is 1. The molecular formula is C21H28N3O3+. The highest BCUT2D eigenvalue weighted by Gasteiger charge is 2.17. The van der Waals surface area contributed by atoms with Gasteiger partial charge in [-0.15, -0.1) is 0 Å². The van der Waals surface area contributed by atoms with Gasteiger partial charge < -0.3 is 20.3 Å². The summed E-state index contributed by atoms with van der Waals surface area (Å²) in [7, 11) is 3.38. The van der Waals surface area contributed by atoms with Crippen LogP contribution in [0.1, 0.15) is 16.7 Å². The molecule has 0 spiro atoms. The highest BCUT2D eigenvalue weighted by molar-refractivity contribution is 5.94. The predicted octanol–water partition coefficient (Wildman–Crippen LogP) is 1.71. The van der Waals surface area contributed by atoms with Gasteiger partial charge in [0, 0.05) is 5.69 Å². The molecule has 0 radical (unpaired) electrons. The van der Waals surface area contributed by atoms with Gasteiger partial charge in [-0.1, -0.05) is 24.3 Å². The van der Waals surface area contributed by atoms with Gasteiger partial charge >= 0.3 is 0 Å². The van der Waals surface area contributed by atoms with Crippen LogP contribution >= 0.6 is 0 Å². The summed E-state index contributed by atoms with van der Waals surface area (Å²) in [5, 5.41) is 5.80. The summed E-state index contributed by atoms with van der Waals surface area (Å²) in [4.78, 5) is 25.5. The normalized spacial score (nSPS) is 11.6. The molecule has 144 valence electrons. The van der Waals surface area contributed by atoms with Crippen molar-refractivity contribution in [2.75, 3.05) is 37.9 Å². The molecule has 2 amide bonds. The molecule has 1 atom stereocenters. The van der Waals surface area contributed by atoms with Crippen molar-refractivity contribution in [1.82, 2.24) is 0 Å². The summed E-state index contributed by atoms with van der Waals surface area (Å²) in [5.74, 6) is 0.321. The Labute approximate surface area is 160 Å². The topological polar surface area (TPSA) is 71.9 Å². The maximum atomic E-state index is 12.3. The molecule has 0 heterocycles. The van der Waals surface area contributed by atoms with Gasteiger partial charge in [-0.2, -0.15) is 0 Å². The van der Waals surface area contributed by atoms with E-state index in [4.69, 9.17) is 4.74 Å². The molecule has 2 aromatic rings. The fourth-order valence-corrected chi connectivity index (χ4v) is 2.92. The lowest BCUT2D eigenvalue weighted by Gasteiger charge is -2.16. The van der Waals surface area contributed by atoms with E-state index in [1.165, 1.54) is 0 Å². The molecule has 0 bridgehead atoms. The minimum Gasteiger partial charge on any atom is -0.495 e. The van der Waals surface area contributed by atoms with E-state index in [0.717, 1.165) is 27.3 Å². The third kappa shape index (κ3) is 5.82. The molecule has 1 unspecified atom stereocenters. The first-order valence-corrected chi connectivity index (χ1v) is 8.92. The predicted molar refractivity (Wildman–Crippen MR) is 108 cm³/mol. The lowest BCUT2D eigenvalue weighted by atomic mass is 10.1. The van der Waals surface area contributed by atoms with E-state index in [2.05, 4.69) is 10.6 Å². The van der Waals surface area contributed by atoms with Crippen molar-refractivity contribution in [3.8, 4) is 5.75 Å². The Morgan fingerprint density at radius 3 is 2.15 bits per heavy atom. The smallest absolute Gasteiger partial charge is 0.279 e. The van der Waals surface area contributed by atoms with Crippen LogP contribution in [0.15, 0.2) is 36.4 Å². The van der Waals surface area contributed by atoms with Crippen molar-refractivity contribution < 1.29 is 19.2 Å². The van der Waals surface area contributed by atoms with Crippen LogP contribution in [0, 0.1) is 20.8 Å². The second kappa shape index (κ2) is 9.19. The number of methoxy groups -OCH3 is 1. The van der Waals surface area contributed by atoms with Crippen molar-refractivity contribution in [3.63, 3.8) is 0 Å². The number of anilines is 2. The van der Waals surface area contributed by atoms with Crippen molar-refractivity contribution >= 4 is 23.2 Å². The lowest BCUT2D eigenvalue weighted by Crippen LogP contribution is -3.11. The number of hydrogen-bond acceptors (Lipinski definition) is 3. The number of amides is 2. The molecule has 0 aliphatic rings. The number of nitrogens with one attached hydrogen (secondary N) is 3. The highest BCUT2D eigenvalue weighted by atomic mass is 16.5. The first kappa shape index (κ1) is 20.5.